The summed E-state index contributed by atoms with van der Waals surface area (Å²) >= 11 is 0. The van der Waals surface area contributed by atoms with Crippen LogP contribution in [0.15, 0.2) is 67.0 Å². The Balaban J connectivity index is 1.72. The van der Waals surface area contributed by atoms with Crippen LogP contribution in [0.4, 0.5) is 5.95 Å². The van der Waals surface area contributed by atoms with Crippen molar-refractivity contribution >= 4 is 11.6 Å². The largest absolute Gasteiger partial charge is 0.493 e. The molecule has 6 heteroatoms. The lowest BCUT2D eigenvalue weighted by atomic mass is 10.1. The van der Waals surface area contributed by atoms with Gasteiger partial charge in [0, 0.05) is 30.6 Å². The maximum atomic E-state index is 5.42. The van der Waals surface area contributed by atoms with Crippen molar-refractivity contribution in [2.45, 2.75) is 6.54 Å². The Morgan fingerprint density at radius 3 is 2.56 bits per heavy atom. The molecule has 0 unspecified atom stereocenters. The molecule has 4 aromatic rings. The van der Waals surface area contributed by atoms with Crippen LogP contribution in [0.5, 0.6) is 11.5 Å². The van der Waals surface area contributed by atoms with Gasteiger partial charge in [-0.05, 0) is 23.8 Å². The minimum atomic E-state index is 0.666. The molecule has 0 amide bonds. The third-order valence-electron chi connectivity index (χ3n) is 4.36. The Hall–Kier alpha value is -3.54. The zero-order valence-corrected chi connectivity index (χ0v) is 15.2. The number of nitrogens with zero attached hydrogens (tertiary/aromatic N) is 3. The number of fused-ring (bicyclic) bond motifs is 1. The molecule has 6 nitrogen and oxygen atoms in total. The summed E-state index contributed by atoms with van der Waals surface area (Å²) in [5.41, 5.74) is 3.75. The summed E-state index contributed by atoms with van der Waals surface area (Å²) < 4.78 is 12.7. The van der Waals surface area contributed by atoms with E-state index in [0.717, 1.165) is 22.9 Å². The van der Waals surface area contributed by atoms with Gasteiger partial charge in [-0.25, -0.2) is 9.97 Å². The molecule has 0 fully saturated rings. The Morgan fingerprint density at radius 1 is 0.963 bits per heavy atom. The molecule has 2 aromatic heterocycles. The van der Waals surface area contributed by atoms with E-state index in [2.05, 4.69) is 22.4 Å². The van der Waals surface area contributed by atoms with Crippen LogP contribution in [0.25, 0.3) is 16.9 Å². The molecule has 4 rings (SSSR count). The van der Waals surface area contributed by atoms with Gasteiger partial charge < -0.3 is 14.8 Å². The number of imidazole rings is 1. The molecular weight excluding hydrogens is 340 g/mol. The highest BCUT2D eigenvalue weighted by Gasteiger charge is 2.11. The average molecular weight is 360 g/mol. The molecule has 0 bridgehead atoms. The van der Waals surface area contributed by atoms with Gasteiger partial charge in [-0.1, -0.05) is 30.3 Å². The SMILES string of the molecule is COc1ccc(-c2cc3nccn3c(NCc3ccccc3)n2)cc1OC. The van der Waals surface area contributed by atoms with Crippen molar-refractivity contribution in [2.24, 2.45) is 0 Å². The fourth-order valence-electron chi connectivity index (χ4n) is 2.97. The number of aromatic nitrogens is 3. The number of nitrogens with one attached hydrogen (secondary N) is 1. The van der Waals surface area contributed by atoms with Gasteiger partial charge in [-0.15, -0.1) is 0 Å². The molecule has 136 valence electrons. The van der Waals surface area contributed by atoms with Gasteiger partial charge in [-0.3, -0.25) is 4.40 Å². The second kappa shape index (κ2) is 7.37. The normalized spacial score (nSPS) is 10.7. The first-order valence-corrected chi connectivity index (χ1v) is 8.63. The van der Waals surface area contributed by atoms with Gasteiger partial charge in [0.15, 0.2) is 11.5 Å². The first-order valence-electron chi connectivity index (χ1n) is 8.63. The lowest BCUT2D eigenvalue weighted by Crippen LogP contribution is -2.07. The van der Waals surface area contributed by atoms with Crippen LogP contribution in [0.1, 0.15) is 5.56 Å². The third kappa shape index (κ3) is 3.42. The van der Waals surface area contributed by atoms with Crippen LogP contribution in [0.3, 0.4) is 0 Å². The third-order valence-corrected chi connectivity index (χ3v) is 4.36. The predicted octanol–water partition coefficient (Wildman–Crippen LogP) is 4.03. The number of methoxy groups -OCH3 is 2. The maximum Gasteiger partial charge on any atom is 0.209 e. The molecule has 1 N–H and O–H groups in total. The molecule has 0 saturated heterocycles. The Labute approximate surface area is 157 Å². The van der Waals surface area contributed by atoms with Crippen molar-refractivity contribution in [2.75, 3.05) is 19.5 Å². The topological polar surface area (TPSA) is 60.7 Å². The summed E-state index contributed by atoms with van der Waals surface area (Å²) in [5, 5.41) is 3.41. The van der Waals surface area contributed by atoms with Crippen LogP contribution in [0, 0.1) is 0 Å². The van der Waals surface area contributed by atoms with Crippen molar-refractivity contribution in [1.29, 1.82) is 0 Å². The standard InChI is InChI=1S/C21H20N4O2/c1-26-18-9-8-16(12-19(18)27-2)17-13-20-22-10-11-25(20)21(24-17)23-14-15-6-4-3-5-7-15/h3-13H,14H2,1-2H3,(H,23,24). The first kappa shape index (κ1) is 16.9. The lowest BCUT2D eigenvalue weighted by molar-refractivity contribution is 0.355. The highest BCUT2D eigenvalue weighted by Crippen LogP contribution is 2.32. The molecule has 0 spiro atoms. The molecule has 0 aliphatic carbocycles. The van der Waals surface area contributed by atoms with Crippen molar-refractivity contribution in [3.8, 4) is 22.8 Å². The van der Waals surface area contributed by atoms with E-state index >= 15 is 0 Å². The smallest absolute Gasteiger partial charge is 0.209 e. The summed E-state index contributed by atoms with van der Waals surface area (Å²) in [5.74, 6) is 2.09. The number of anilines is 1. The number of ether oxygens (including phenoxy) is 2. The molecule has 0 aliphatic heterocycles. The van der Waals surface area contributed by atoms with Crippen molar-refractivity contribution in [1.82, 2.24) is 14.4 Å². The minimum absolute atomic E-state index is 0.666. The van der Waals surface area contributed by atoms with Gasteiger partial charge in [-0.2, -0.15) is 0 Å². The van der Waals surface area contributed by atoms with Gasteiger partial charge in [0.2, 0.25) is 5.95 Å². The van der Waals surface area contributed by atoms with Gasteiger partial charge in [0.1, 0.15) is 5.65 Å². The Kier molecular flexibility index (Phi) is 4.61. The maximum absolute atomic E-state index is 5.42. The predicted molar refractivity (Wildman–Crippen MR) is 105 cm³/mol. The number of benzene rings is 2. The number of rotatable bonds is 6. The van der Waals surface area contributed by atoms with E-state index in [0.29, 0.717) is 18.0 Å². The van der Waals surface area contributed by atoms with Gasteiger partial charge in [0.25, 0.3) is 0 Å². The van der Waals surface area contributed by atoms with Gasteiger partial charge >= 0.3 is 0 Å². The van der Waals surface area contributed by atoms with Crippen molar-refractivity contribution in [3.63, 3.8) is 0 Å². The van der Waals surface area contributed by atoms with Crippen LogP contribution in [-0.2, 0) is 6.54 Å². The zero-order valence-electron chi connectivity index (χ0n) is 15.2. The summed E-state index contributed by atoms with van der Waals surface area (Å²) in [7, 11) is 3.25. The second-order valence-corrected chi connectivity index (χ2v) is 6.03. The van der Waals surface area contributed by atoms with Crippen LogP contribution in [-0.4, -0.2) is 28.6 Å². The number of hydrogen-bond acceptors (Lipinski definition) is 5. The molecule has 0 radical (unpaired) electrons. The van der Waals surface area contributed by atoms with E-state index in [1.54, 1.807) is 20.4 Å². The van der Waals surface area contributed by atoms with E-state index in [1.807, 2.05) is 53.1 Å². The van der Waals surface area contributed by atoms with Gasteiger partial charge in [0.05, 0.1) is 19.9 Å². The summed E-state index contributed by atoms with van der Waals surface area (Å²) in [4.78, 5) is 9.23. The fraction of sp³-hybridized carbons (Fsp3) is 0.143. The quantitative estimate of drug-likeness (QED) is 0.563. The zero-order chi connectivity index (χ0) is 18.6. The number of hydrogen-bond donors (Lipinski definition) is 1. The monoisotopic (exact) mass is 360 g/mol. The lowest BCUT2D eigenvalue weighted by Gasteiger charge is -2.12. The molecule has 0 saturated carbocycles. The van der Waals surface area contributed by atoms with E-state index in [9.17, 15) is 0 Å². The summed E-state index contributed by atoms with van der Waals surface area (Å²) in [6.45, 7) is 0.677. The van der Waals surface area contributed by atoms with Crippen molar-refractivity contribution in [3.05, 3.63) is 72.6 Å². The molecule has 0 atom stereocenters. The fourth-order valence-corrected chi connectivity index (χ4v) is 2.97. The van der Waals surface area contributed by atoms with E-state index < -0.39 is 0 Å². The van der Waals surface area contributed by atoms with Crippen molar-refractivity contribution < 1.29 is 9.47 Å². The summed E-state index contributed by atoms with van der Waals surface area (Å²) in [6.07, 6.45) is 3.66. The van der Waals surface area contributed by atoms with Crippen LogP contribution < -0.4 is 14.8 Å². The summed E-state index contributed by atoms with van der Waals surface area (Å²) in [6, 6.07) is 17.9. The molecule has 2 heterocycles. The molecular formula is C21H20N4O2. The molecule has 2 aromatic carbocycles. The van der Waals surface area contributed by atoms with E-state index in [4.69, 9.17) is 14.5 Å². The minimum Gasteiger partial charge on any atom is -0.493 e. The molecule has 27 heavy (non-hydrogen) atoms. The average Bonchev–Trinajstić information content (AvgIpc) is 3.21. The Morgan fingerprint density at radius 2 is 1.78 bits per heavy atom. The first-order chi connectivity index (χ1) is 13.3. The highest BCUT2D eigenvalue weighted by molar-refractivity contribution is 5.68. The second-order valence-electron chi connectivity index (χ2n) is 6.03. The van der Waals surface area contributed by atoms with Crippen LogP contribution >= 0.6 is 0 Å². The van der Waals surface area contributed by atoms with E-state index in [-0.39, 0.29) is 0 Å². The Bertz CT molecular complexity index is 1060. The van der Waals surface area contributed by atoms with E-state index in [1.165, 1.54) is 5.56 Å². The molecule has 0 aliphatic rings. The highest BCUT2D eigenvalue weighted by atomic mass is 16.5. The van der Waals surface area contributed by atoms with Crippen LogP contribution in [0.2, 0.25) is 0 Å².